The molecule has 1 radical (unpaired) electrons. The summed E-state index contributed by atoms with van der Waals surface area (Å²) < 4.78 is 0. The fourth-order valence-electron chi connectivity index (χ4n) is 0.418. The molecule has 0 spiro atoms. The van der Waals surface area contributed by atoms with Gasteiger partial charge in [0.2, 0.25) is 0 Å². The van der Waals surface area contributed by atoms with Crippen molar-refractivity contribution in [1.29, 1.82) is 0 Å². The van der Waals surface area contributed by atoms with Gasteiger partial charge in [0.05, 0.1) is 6.61 Å². The lowest BCUT2D eigenvalue weighted by atomic mass is 10.3. The van der Waals surface area contributed by atoms with Crippen molar-refractivity contribution < 1.29 is 9.92 Å². The predicted molar refractivity (Wildman–Crippen MR) is 32.2 cm³/mol. The minimum Gasteiger partial charge on any atom is -0.314 e. The SMILES string of the molecule is [CH2]CCCCO[N+](=O)[O-]. The second-order valence-electron chi connectivity index (χ2n) is 1.62. The molecule has 4 heteroatoms. The first-order valence-electron chi connectivity index (χ1n) is 2.84. The lowest BCUT2D eigenvalue weighted by molar-refractivity contribution is -0.757. The van der Waals surface area contributed by atoms with Crippen LogP contribution in [0.2, 0.25) is 0 Å². The van der Waals surface area contributed by atoms with Crippen LogP contribution in [0.5, 0.6) is 0 Å². The van der Waals surface area contributed by atoms with Gasteiger partial charge in [-0.1, -0.05) is 19.8 Å². The molecule has 0 N–H and O–H groups in total. The molecule has 0 bridgehead atoms. The third-order valence-electron chi connectivity index (χ3n) is 0.841. The van der Waals surface area contributed by atoms with E-state index in [4.69, 9.17) is 0 Å². The van der Waals surface area contributed by atoms with Gasteiger partial charge in [-0.05, 0) is 6.42 Å². The lowest BCUT2D eigenvalue weighted by Crippen LogP contribution is -2.01. The number of nitrogens with zero attached hydrogens (tertiary/aromatic N) is 1. The highest BCUT2D eigenvalue weighted by atomic mass is 16.9. The molecule has 53 valence electrons. The first-order valence-corrected chi connectivity index (χ1v) is 2.84. The Morgan fingerprint density at radius 1 is 1.56 bits per heavy atom. The van der Waals surface area contributed by atoms with Crippen LogP contribution in [-0.2, 0) is 4.84 Å². The van der Waals surface area contributed by atoms with Crippen LogP contribution >= 0.6 is 0 Å². The van der Waals surface area contributed by atoms with Crippen LogP contribution in [0, 0.1) is 17.0 Å². The van der Waals surface area contributed by atoms with E-state index in [0.29, 0.717) is 6.42 Å². The van der Waals surface area contributed by atoms with Gasteiger partial charge in [0, 0.05) is 0 Å². The molecule has 0 aromatic carbocycles. The molecular formula is C5H10NO3. The highest BCUT2D eigenvalue weighted by Crippen LogP contribution is 1.92. The minimum absolute atomic E-state index is 0.197. The predicted octanol–water partition coefficient (Wildman–Crippen LogP) is 1.20. The third kappa shape index (κ3) is 7.20. The molecule has 9 heavy (non-hydrogen) atoms. The quantitative estimate of drug-likeness (QED) is 0.321. The maximum atomic E-state index is 9.53. The Morgan fingerprint density at radius 2 is 2.22 bits per heavy atom. The molecule has 0 aliphatic heterocycles. The van der Waals surface area contributed by atoms with Gasteiger partial charge in [0.15, 0.2) is 0 Å². The molecule has 4 nitrogen and oxygen atoms in total. The van der Waals surface area contributed by atoms with Crippen LogP contribution in [0.25, 0.3) is 0 Å². The van der Waals surface area contributed by atoms with E-state index < -0.39 is 5.09 Å². The fraction of sp³-hybridized carbons (Fsp3) is 0.800. The monoisotopic (exact) mass is 132 g/mol. The zero-order valence-electron chi connectivity index (χ0n) is 5.21. The van der Waals surface area contributed by atoms with Gasteiger partial charge in [0.25, 0.3) is 5.09 Å². The normalized spacial score (nSPS) is 9.00. The summed E-state index contributed by atoms with van der Waals surface area (Å²) in [4.78, 5) is 13.6. The average Bonchev–Trinajstić information content (AvgIpc) is 1.80. The smallest absolute Gasteiger partial charge is 0.294 e. The number of hydrogen-bond acceptors (Lipinski definition) is 3. The lowest BCUT2D eigenvalue weighted by Gasteiger charge is -1.94. The van der Waals surface area contributed by atoms with E-state index in [-0.39, 0.29) is 6.61 Å². The van der Waals surface area contributed by atoms with E-state index in [9.17, 15) is 10.1 Å². The highest BCUT2D eigenvalue weighted by molar-refractivity contribution is 4.39. The van der Waals surface area contributed by atoms with Crippen LogP contribution in [0.4, 0.5) is 0 Å². The van der Waals surface area contributed by atoms with Crippen molar-refractivity contribution in [2.45, 2.75) is 19.3 Å². The molecule has 0 aliphatic carbocycles. The molecule has 0 rings (SSSR count). The molecule has 0 aliphatic rings. The molecule has 0 saturated heterocycles. The Hall–Kier alpha value is -0.800. The van der Waals surface area contributed by atoms with Crippen molar-refractivity contribution in [3.63, 3.8) is 0 Å². The van der Waals surface area contributed by atoms with E-state index in [1.165, 1.54) is 0 Å². The van der Waals surface area contributed by atoms with E-state index >= 15 is 0 Å². The van der Waals surface area contributed by atoms with Gasteiger partial charge in [-0.15, -0.1) is 10.1 Å². The van der Waals surface area contributed by atoms with Gasteiger partial charge in [-0.2, -0.15) is 0 Å². The van der Waals surface area contributed by atoms with Crippen molar-refractivity contribution >= 4 is 0 Å². The summed E-state index contributed by atoms with van der Waals surface area (Å²) in [7, 11) is 0. The molecular weight excluding hydrogens is 122 g/mol. The first-order chi connectivity index (χ1) is 4.27. The molecule has 0 aromatic rings. The maximum absolute atomic E-state index is 9.53. The van der Waals surface area contributed by atoms with E-state index in [1.54, 1.807) is 0 Å². The molecule has 0 saturated carbocycles. The van der Waals surface area contributed by atoms with Crippen LogP contribution in [0.3, 0.4) is 0 Å². The van der Waals surface area contributed by atoms with Gasteiger partial charge in [0.1, 0.15) is 0 Å². The van der Waals surface area contributed by atoms with Crippen molar-refractivity contribution in [3.05, 3.63) is 17.0 Å². The zero-order valence-corrected chi connectivity index (χ0v) is 5.21. The Kier molecular flexibility index (Phi) is 4.86. The second-order valence-corrected chi connectivity index (χ2v) is 1.62. The summed E-state index contributed by atoms with van der Waals surface area (Å²) in [6.45, 7) is 3.77. The minimum atomic E-state index is -0.775. The molecule has 0 fully saturated rings. The largest absolute Gasteiger partial charge is 0.314 e. The van der Waals surface area contributed by atoms with Crippen LogP contribution in [-0.4, -0.2) is 11.7 Å². The average molecular weight is 132 g/mol. The van der Waals surface area contributed by atoms with Crippen LogP contribution < -0.4 is 0 Å². The Morgan fingerprint density at radius 3 is 2.67 bits per heavy atom. The summed E-state index contributed by atoms with van der Waals surface area (Å²) >= 11 is 0. The molecule has 0 amide bonds. The Balaban J connectivity index is 2.83. The van der Waals surface area contributed by atoms with E-state index in [2.05, 4.69) is 11.8 Å². The first kappa shape index (κ1) is 8.20. The second kappa shape index (κ2) is 5.34. The number of unbranched alkanes of at least 4 members (excludes halogenated alkanes) is 2. The van der Waals surface area contributed by atoms with E-state index in [1.807, 2.05) is 0 Å². The number of hydrogen-bond donors (Lipinski definition) is 0. The standard InChI is InChI=1S/C5H10NO3/c1-2-3-4-5-9-6(7)8/h1-5H2. The highest BCUT2D eigenvalue weighted by Gasteiger charge is 1.91. The Bertz CT molecular complexity index is 84.3. The van der Waals surface area contributed by atoms with Crippen LogP contribution in [0.1, 0.15) is 19.3 Å². The summed E-state index contributed by atoms with van der Waals surface area (Å²) in [5, 5.41) is 8.76. The summed E-state index contributed by atoms with van der Waals surface area (Å²) in [6.07, 6.45) is 2.40. The summed E-state index contributed by atoms with van der Waals surface area (Å²) in [5.41, 5.74) is 0. The van der Waals surface area contributed by atoms with Crippen molar-refractivity contribution in [2.24, 2.45) is 0 Å². The molecule has 0 atom stereocenters. The molecule has 0 unspecified atom stereocenters. The van der Waals surface area contributed by atoms with Crippen molar-refractivity contribution in [1.82, 2.24) is 0 Å². The third-order valence-corrected chi connectivity index (χ3v) is 0.841. The van der Waals surface area contributed by atoms with Crippen molar-refractivity contribution in [2.75, 3.05) is 6.61 Å². The van der Waals surface area contributed by atoms with E-state index in [0.717, 1.165) is 12.8 Å². The van der Waals surface area contributed by atoms with Gasteiger partial charge in [-0.25, -0.2) is 0 Å². The number of rotatable bonds is 5. The summed E-state index contributed by atoms with van der Waals surface area (Å²) in [5.74, 6) is 0. The van der Waals surface area contributed by atoms with Gasteiger partial charge < -0.3 is 4.84 Å². The zero-order chi connectivity index (χ0) is 7.11. The fourth-order valence-corrected chi connectivity index (χ4v) is 0.418. The van der Waals surface area contributed by atoms with Crippen LogP contribution in [0.15, 0.2) is 0 Å². The van der Waals surface area contributed by atoms with Gasteiger partial charge in [-0.3, -0.25) is 0 Å². The molecule has 0 heterocycles. The van der Waals surface area contributed by atoms with Crippen molar-refractivity contribution in [3.8, 4) is 0 Å². The maximum Gasteiger partial charge on any atom is 0.294 e. The Labute approximate surface area is 53.9 Å². The summed E-state index contributed by atoms with van der Waals surface area (Å²) in [6, 6.07) is 0. The topological polar surface area (TPSA) is 52.4 Å². The molecule has 0 aromatic heterocycles. The van der Waals surface area contributed by atoms with Gasteiger partial charge >= 0.3 is 0 Å².